The van der Waals surface area contributed by atoms with Crippen molar-refractivity contribution < 1.29 is 28.5 Å². The topological polar surface area (TPSA) is 71.1 Å². The number of hydrogen-bond acceptors (Lipinski definition) is 6. The van der Waals surface area contributed by atoms with E-state index >= 15 is 0 Å². The molecule has 1 aliphatic heterocycles. The molecule has 0 bridgehead atoms. The summed E-state index contributed by atoms with van der Waals surface area (Å²) in [6.07, 6.45) is 0. The third-order valence-electron chi connectivity index (χ3n) is 2.61. The van der Waals surface area contributed by atoms with Crippen LogP contribution in [0, 0.1) is 0 Å². The predicted molar refractivity (Wildman–Crippen MR) is 64.2 cm³/mol. The molecule has 0 fully saturated rings. The van der Waals surface area contributed by atoms with Crippen LogP contribution in [0.1, 0.15) is 22.8 Å². The van der Waals surface area contributed by atoms with Crippen molar-refractivity contribution in [2.24, 2.45) is 0 Å². The van der Waals surface area contributed by atoms with E-state index in [0.717, 1.165) is 0 Å². The third kappa shape index (κ3) is 2.53. The van der Waals surface area contributed by atoms with Crippen LogP contribution in [-0.4, -0.2) is 32.3 Å². The summed E-state index contributed by atoms with van der Waals surface area (Å²) < 4.78 is 20.2. The van der Waals surface area contributed by atoms with E-state index in [4.69, 9.17) is 18.9 Å². The Kier molecular flexibility index (Phi) is 4.01. The summed E-state index contributed by atoms with van der Waals surface area (Å²) in [4.78, 5) is 23.7. The molecule has 0 radical (unpaired) electrons. The number of carbonyl (C=O) groups is 2. The lowest BCUT2D eigenvalue weighted by molar-refractivity contribution is -0.137. The quantitative estimate of drug-likeness (QED) is 0.454. The molecule has 0 saturated heterocycles. The van der Waals surface area contributed by atoms with Gasteiger partial charge in [0.15, 0.2) is 11.5 Å². The molecule has 0 amide bonds. The van der Waals surface area contributed by atoms with E-state index in [0.29, 0.717) is 11.3 Å². The summed E-state index contributed by atoms with van der Waals surface area (Å²) in [6, 6.07) is 3.35. The number of methoxy groups -OCH3 is 1. The van der Waals surface area contributed by atoms with Crippen LogP contribution in [0.4, 0.5) is 0 Å². The van der Waals surface area contributed by atoms with Gasteiger partial charge < -0.3 is 18.9 Å². The van der Waals surface area contributed by atoms with Crippen molar-refractivity contribution in [2.75, 3.05) is 20.5 Å². The summed E-state index contributed by atoms with van der Waals surface area (Å²) in [5.41, 5.74) is 0.708. The maximum absolute atomic E-state index is 12.1. The highest BCUT2D eigenvalue weighted by Crippen LogP contribution is 2.38. The summed E-state index contributed by atoms with van der Waals surface area (Å²) in [5, 5.41) is 0. The number of esters is 1. The number of fused-ring (bicyclic) bond motifs is 1. The highest BCUT2D eigenvalue weighted by Gasteiger charge is 2.30. The number of ether oxygens (including phenoxy) is 4. The molecule has 0 unspecified atom stereocenters. The van der Waals surface area contributed by atoms with Crippen LogP contribution < -0.4 is 9.47 Å². The van der Waals surface area contributed by atoms with Crippen LogP contribution in [0.25, 0.3) is 0 Å². The molecule has 6 nitrogen and oxygen atoms in total. The van der Waals surface area contributed by atoms with Gasteiger partial charge in [-0.05, 0) is 18.6 Å². The Hall–Kier alpha value is -2.08. The van der Waals surface area contributed by atoms with E-state index in [1.807, 2.05) is 0 Å². The second-order valence-electron chi connectivity index (χ2n) is 3.82. The van der Waals surface area contributed by atoms with Crippen LogP contribution in [0.15, 0.2) is 12.1 Å². The zero-order chi connectivity index (χ0) is 13.8. The zero-order valence-electron chi connectivity index (χ0n) is 10.7. The molecule has 0 N–H and O–H groups in total. The fourth-order valence-electron chi connectivity index (χ4n) is 1.84. The Balaban J connectivity index is 2.44. The Labute approximate surface area is 110 Å². The molecule has 6 heteroatoms. The molecule has 1 aromatic carbocycles. The van der Waals surface area contributed by atoms with E-state index < -0.39 is 11.8 Å². The Bertz CT molecular complexity index is 508. The van der Waals surface area contributed by atoms with Crippen molar-refractivity contribution in [1.82, 2.24) is 0 Å². The second-order valence-corrected chi connectivity index (χ2v) is 3.82. The van der Waals surface area contributed by atoms with Gasteiger partial charge in [0.1, 0.15) is 0 Å². The van der Waals surface area contributed by atoms with Gasteiger partial charge in [0.25, 0.3) is 5.78 Å². The molecule has 1 aromatic rings. The summed E-state index contributed by atoms with van der Waals surface area (Å²) in [5.74, 6) is -0.958. The number of Topliss-reactive ketones (excluding diaryl/α,β-unsaturated/α-hetero) is 1. The number of benzene rings is 1. The number of carbonyl (C=O) groups excluding carboxylic acids is 2. The van der Waals surface area contributed by atoms with Crippen molar-refractivity contribution in [2.45, 2.75) is 13.5 Å². The summed E-state index contributed by atoms with van der Waals surface area (Å²) >= 11 is 0. The van der Waals surface area contributed by atoms with Gasteiger partial charge in [-0.3, -0.25) is 4.79 Å². The molecule has 0 spiro atoms. The lowest BCUT2D eigenvalue weighted by Gasteiger charge is -2.10. The molecule has 0 aromatic heterocycles. The van der Waals surface area contributed by atoms with Gasteiger partial charge in [0.05, 0.1) is 18.8 Å². The Morgan fingerprint density at radius 3 is 2.79 bits per heavy atom. The summed E-state index contributed by atoms with van der Waals surface area (Å²) in [7, 11) is 1.50. The van der Waals surface area contributed by atoms with E-state index in [-0.39, 0.29) is 31.3 Å². The lowest BCUT2D eigenvalue weighted by atomic mass is 10.0. The second kappa shape index (κ2) is 5.71. The van der Waals surface area contributed by atoms with Gasteiger partial charge in [-0.25, -0.2) is 4.79 Å². The Morgan fingerprint density at radius 1 is 1.32 bits per heavy atom. The molecule has 0 atom stereocenters. The van der Waals surface area contributed by atoms with Crippen LogP contribution >= 0.6 is 0 Å². The highest BCUT2D eigenvalue weighted by atomic mass is 16.7. The standard InChI is InChI=1S/C13H14O6/c1-3-17-13(15)11(14)10-8(6-16-2)4-5-9-12(10)19-7-18-9/h4-5H,3,6-7H2,1-2H3. The minimum Gasteiger partial charge on any atom is -0.460 e. The van der Waals surface area contributed by atoms with Crippen LogP contribution in [-0.2, 0) is 20.9 Å². The molecular weight excluding hydrogens is 252 g/mol. The molecule has 2 rings (SSSR count). The van der Waals surface area contributed by atoms with Crippen LogP contribution in [0.5, 0.6) is 11.5 Å². The van der Waals surface area contributed by atoms with Crippen molar-refractivity contribution >= 4 is 11.8 Å². The van der Waals surface area contributed by atoms with E-state index in [1.165, 1.54) is 7.11 Å². The molecule has 1 heterocycles. The fraction of sp³-hybridized carbons (Fsp3) is 0.385. The average molecular weight is 266 g/mol. The minimum absolute atomic E-state index is 0.0227. The fourth-order valence-corrected chi connectivity index (χ4v) is 1.84. The van der Waals surface area contributed by atoms with Gasteiger partial charge in [-0.1, -0.05) is 6.07 Å². The van der Waals surface area contributed by atoms with Crippen molar-refractivity contribution in [1.29, 1.82) is 0 Å². The molecule has 0 saturated carbocycles. The summed E-state index contributed by atoms with van der Waals surface area (Å²) in [6.45, 7) is 1.98. The molecular formula is C13H14O6. The lowest BCUT2D eigenvalue weighted by Crippen LogP contribution is -2.20. The molecule has 102 valence electrons. The molecule has 1 aliphatic rings. The highest BCUT2D eigenvalue weighted by molar-refractivity contribution is 6.41. The SMILES string of the molecule is CCOC(=O)C(=O)c1c(COC)ccc2c1OCO2. The van der Waals surface area contributed by atoms with E-state index in [2.05, 4.69) is 0 Å². The number of ketones is 1. The number of hydrogen-bond donors (Lipinski definition) is 0. The Morgan fingerprint density at radius 2 is 2.11 bits per heavy atom. The van der Waals surface area contributed by atoms with Gasteiger partial charge in [0.2, 0.25) is 6.79 Å². The molecule has 0 aliphatic carbocycles. The first kappa shape index (κ1) is 13.4. The van der Waals surface area contributed by atoms with Crippen molar-refractivity contribution in [3.63, 3.8) is 0 Å². The first-order chi connectivity index (χ1) is 9.19. The maximum Gasteiger partial charge on any atom is 0.379 e. The smallest absolute Gasteiger partial charge is 0.379 e. The van der Waals surface area contributed by atoms with Gasteiger partial charge >= 0.3 is 5.97 Å². The van der Waals surface area contributed by atoms with Gasteiger partial charge in [0, 0.05) is 7.11 Å². The normalized spacial score (nSPS) is 12.3. The van der Waals surface area contributed by atoms with Gasteiger partial charge in [-0.15, -0.1) is 0 Å². The van der Waals surface area contributed by atoms with Crippen LogP contribution in [0.3, 0.4) is 0 Å². The van der Waals surface area contributed by atoms with E-state index in [9.17, 15) is 9.59 Å². The number of rotatable bonds is 5. The van der Waals surface area contributed by atoms with Crippen LogP contribution in [0.2, 0.25) is 0 Å². The zero-order valence-corrected chi connectivity index (χ0v) is 10.7. The predicted octanol–water partition coefficient (Wildman–Crippen LogP) is 1.31. The third-order valence-corrected chi connectivity index (χ3v) is 2.61. The van der Waals surface area contributed by atoms with Crippen molar-refractivity contribution in [3.8, 4) is 11.5 Å². The van der Waals surface area contributed by atoms with E-state index in [1.54, 1.807) is 19.1 Å². The first-order valence-corrected chi connectivity index (χ1v) is 5.80. The van der Waals surface area contributed by atoms with Gasteiger partial charge in [-0.2, -0.15) is 0 Å². The maximum atomic E-state index is 12.1. The monoisotopic (exact) mass is 266 g/mol. The molecule has 19 heavy (non-hydrogen) atoms. The average Bonchev–Trinajstić information content (AvgIpc) is 2.86. The first-order valence-electron chi connectivity index (χ1n) is 5.80. The minimum atomic E-state index is -0.913. The van der Waals surface area contributed by atoms with Crippen molar-refractivity contribution in [3.05, 3.63) is 23.3 Å². The largest absolute Gasteiger partial charge is 0.460 e.